The number of aryl methyl sites for hydroxylation is 2. The molecule has 0 bridgehead atoms. The van der Waals surface area contributed by atoms with Crippen LogP contribution in [-0.4, -0.2) is 5.78 Å². The van der Waals surface area contributed by atoms with Gasteiger partial charge in [0.1, 0.15) is 0 Å². The van der Waals surface area contributed by atoms with E-state index in [4.69, 9.17) is 11.6 Å². The van der Waals surface area contributed by atoms with Gasteiger partial charge in [0.2, 0.25) is 0 Å². The van der Waals surface area contributed by atoms with Crippen molar-refractivity contribution in [1.82, 2.24) is 0 Å². The van der Waals surface area contributed by atoms with E-state index in [9.17, 15) is 4.79 Å². The third-order valence-electron chi connectivity index (χ3n) is 3.15. The standard InChI is InChI=1S/C16H15ClO/c1-10-7-8-11(2)14(9-10)16(18)13-5-4-6-15(17)12(13)3/h4-9H,1-3H3. The molecular weight excluding hydrogens is 244 g/mol. The zero-order valence-electron chi connectivity index (χ0n) is 10.8. The molecule has 2 aromatic carbocycles. The summed E-state index contributed by atoms with van der Waals surface area (Å²) in [6.45, 7) is 5.81. The summed E-state index contributed by atoms with van der Waals surface area (Å²) >= 11 is 6.06. The van der Waals surface area contributed by atoms with Gasteiger partial charge in [0.05, 0.1) is 0 Å². The largest absolute Gasteiger partial charge is 0.289 e. The number of hydrogen-bond acceptors (Lipinski definition) is 1. The molecule has 0 atom stereocenters. The Bertz CT molecular complexity index is 610. The molecule has 0 heterocycles. The van der Waals surface area contributed by atoms with Gasteiger partial charge in [-0.1, -0.05) is 41.4 Å². The van der Waals surface area contributed by atoms with Gasteiger partial charge in [0.25, 0.3) is 0 Å². The van der Waals surface area contributed by atoms with Crippen molar-refractivity contribution in [3.05, 3.63) is 69.2 Å². The van der Waals surface area contributed by atoms with Crippen LogP contribution in [0.5, 0.6) is 0 Å². The molecule has 0 saturated heterocycles. The van der Waals surface area contributed by atoms with E-state index in [1.54, 1.807) is 6.07 Å². The SMILES string of the molecule is Cc1ccc(C)c(C(=O)c2cccc(Cl)c2C)c1. The summed E-state index contributed by atoms with van der Waals surface area (Å²) in [6.07, 6.45) is 0. The molecule has 0 aromatic heterocycles. The Morgan fingerprint density at radius 3 is 2.44 bits per heavy atom. The van der Waals surface area contributed by atoms with E-state index in [-0.39, 0.29) is 5.78 Å². The maximum atomic E-state index is 12.5. The number of benzene rings is 2. The van der Waals surface area contributed by atoms with Crippen LogP contribution >= 0.6 is 11.6 Å². The molecule has 2 rings (SSSR count). The number of halogens is 1. The highest BCUT2D eigenvalue weighted by molar-refractivity contribution is 6.32. The Hall–Kier alpha value is -1.60. The van der Waals surface area contributed by atoms with E-state index in [0.717, 1.165) is 22.3 Å². The van der Waals surface area contributed by atoms with Crippen LogP contribution in [0.1, 0.15) is 32.6 Å². The lowest BCUT2D eigenvalue weighted by molar-refractivity contribution is 0.103. The van der Waals surface area contributed by atoms with Crippen LogP contribution in [0.3, 0.4) is 0 Å². The molecule has 0 aliphatic rings. The van der Waals surface area contributed by atoms with Crippen molar-refractivity contribution >= 4 is 17.4 Å². The van der Waals surface area contributed by atoms with E-state index in [0.29, 0.717) is 10.6 Å². The summed E-state index contributed by atoms with van der Waals surface area (Å²) in [5.74, 6) is 0.0381. The van der Waals surface area contributed by atoms with Crippen molar-refractivity contribution in [3.8, 4) is 0 Å². The van der Waals surface area contributed by atoms with E-state index in [2.05, 4.69) is 0 Å². The predicted molar refractivity (Wildman–Crippen MR) is 75.5 cm³/mol. The Balaban J connectivity index is 2.55. The van der Waals surface area contributed by atoms with Crippen molar-refractivity contribution in [3.63, 3.8) is 0 Å². The van der Waals surface area contributed by atoms with Crippen LogP contribution in [-0.2, 0) is 0 Å². The van der Waals surface area contributed by atoms with Crippen LogP contribution in [0.4, 0.5) is 0 Å². The average molecular weight is 259 g/mol. The van der Waals surface area contributed by atoms with Crippen LogP contribution < -0.4 is 0 Å². The summed E-state index contributed by atoms with van der Waals surface area (Å²) in [6, 6.07) is 11.4. The van der Waals surface area contributed by atoms with Gasteiger partial charge in [-0.3, -0.25) is 4.79 Å². The number of carbonyl (C=O) groups is 1. The van der Waals surface area contributed by atoms with Crippen LogP contribution in [0, 0.1) is 20.8 Å². The van der Waals surface area contributed by atoms with Gasteiger partial charge < -0.3 is 0 Å². The molecule has 18 heavy (non-hydrogen) atoms. The van der Waals surface area contributed by atoms with Gasteiger partial charge in [-0.2, -0.15) is 0 Å². The van der Waals surface area contributed by atoms with Gasteiger partial charge in [0, 0.05) is 16.1 Å². The number of ketones is 1. The second-order valence-electron chi connectivity index (χ2n) is 4.56. The van der Waals surface area contributed by atoms with Gasteiger partial charge in [-0.15, -0.1) is 0 Å². The average Bonchev–Trinajstić information content (AvgIpc) is 2.35. The first-order valence-electron chi connectivity index (χ1n) is 5.88. The van der Waals surface area contributed by atoms with Gasteiger partial charge in [-0.25, -0.2) is 0 Å². The Kier molecular flexibility index (Phi) is 3.53. The van der Waals surface area contributed by atoms with Crippen molar-refractivity contribution in [1.29, 1.82) is 0 Å². The first-order valence-corrected chi connectivity index (χ1v) is 6.25. The Morgan fingerprint density at radius 2 is 1.72 bits per heavy atom. The zero-order chi connectivity index (χ0) is 13.3. The maximum Gasteiger partial charge on any atom is 0.193 e. The topological polar surface area (TPSA) is 17.1 Å². The molecule has 0 radical (unpaired) electrons. The molecule has 92 valence electrons. The Morgan fingerprint density at radius 1 is 1.00 bits per heavy atom. The van der Waals surface area contributed by atoms with Crippen molar-refractivity contribution < 1.29 is 4.79 Å². The first-order chi connectivity index (χ1) is 8.50. The number of hydrogen-bond donors (Lipinski definition) is 0. The summed E-state index contributed by atoms with van der Waals surface area (Å²) < 4.78 is 0. The fourth-order valence-corrected chi connectivity index (χ4v) is 2.15. The molecule has 0 aliphatic carbocycles. The van der Waals surface area contributed by atoms with E-state index in [1.807, 2.05) is 51.1 Å². The second kappa shape index (κ2) is 4.95. The van der Waals surface area contributed by atoms with Gasteiger partial charge >= 0.3 is 0 Å². The van der Waals surface area contributed by atoms with E-state index in [1.165, 1.54) is 0 Å². The minimum absolute atomic E-state index is 0.0381. The molecule has 2 aromatic rings. The molecule has 0 unspecified atom stereocenters. The number of carbonyl (C=O) groups excluding carboxylic acids is 1. The molecule has 0 aliphatic heterocycles. The molecule has 1 nitrogen and oxygen atoms in total. The molecule has 0 amide bonds. The normalized spacial score (nSPS) is 10.4. The highest BCUT2D eigenvalue weighted by Crippen LogP contribution is 2.23. The van der Waals surface area contributed by atoms with Crippen molar-refractivity contribution in [2.24, 2.45) is 0 Å². The highest BCUT2D eigenvalue weighted by Gasteiger charge is 2.15. The quantitative estimate of drug-likeness (QED) is 0.725. The molecule has 0 saturated carbocycles. The third-order valence-corrected chi connectivity index (χ3v) is 3.56. The maximum absolute atomic E-state index is 12.5. The lowest BCUT2D eigenvalue weighted by atomic mass is 9.95. The van der Waals surface area contributed by atoms with Crippen LogP contribution in [0.2, 0.25) is 5.02 Å². The lowest BCUT2D eigenvalue weighted by Gasteiger charge is -2.09. The molecule has 0 spiro atoms. The molecule has 0 fully saturated rings. The molecular formula is C16H15ClO. The summed E-state index contributed by atoms with van der Waals surface area (Å²) in [5.41, 5.74) is 4.34. The minimum atomic E-state index is 0.0381. The second-order valence-corrected chi connectivity index (χ2v) is 4.97. The summed E-state index contributed by atoms with van der Waals surface area (Å²) in [4.78, 5) is 12.5. The van der Waals surface area contributed by atoms with Crippen LogP contribution in [0.15, 0.2) is 36.4 Å². The van der Waals surface area contributed by atoms with E-state index < -0.39 is 0 Å². The lowest BCUT2D eigenvalue weighted by Crippen LogP contribution is -2.06. The zero-order valence-corrected chi connectivity index (χ0v) is 11.5. The molecule has 2 heteroatoms. The van der Waals surface area contributed by atoms with Gasteiger partial charge in [0.15, 0.2) is 5.78 Å². The first kappa shape index (κ1) is 12.8. The fraction of sp³-hybridized carbons (Fsp3) is 0.188. The number of rotatable bonds is 2. The molecule has 0 N–H and O–H groups in total. The van der Waals surface area contributed by atoms with E-state index >= 15 is 0 Å². The van der Waals surface area contributed by atoms with Crippen molar-refractivity contribution in [2.75, 3.05) is 0 Å². The monoisotopic (exact) mass is 258 g/mol. The summed E-state index contributed by atoms with van der Waals surface area (Å²) in [5, 5.41) is 0.631. The Labute approximate surface area is 112 Å². The minimum Gasteiger partial charge on any atom is -0.289 e. The highest BCUT2D eigenvalue weighted by atomic mass is 35.5. The van der Waals surface area contributed by atoms with Gasteiger partial charge in [-0.05, 0) is 44.0 Å². The van der Waals surface area contributed by atoms with Crippen molar-refractivity contribution in [2.45, 2.75) is 20.8 Å². The predicted octanol–water partition coefficient (Wildman–Crippen LogP) is 4.50. The third kappa shape index (κ3) is 2.32. The smallest absolute Gasteiger partial charge is 0.193 e. The van der Waals surface area contributed by atoms with Crippen LogP contribution in [0.25, 0.3) is 0 Å². The fourth-order valence-electron chi connectivity index (χ4n) is 1.98. The summed E-state index contributed by atoms with van der Waals surface area (Å²) in [7, 11) is 0.